The van der Waals surface area contributed by atoms with Gasteiger partial charge in [-0.1, -0.05) is 49.1 Å². The zero-order valence-corrected chi connectivity index (χ0v) is 13.3. The van der Waals surface area contributed by atoms with Gasteiger partial charge in [0.2, 0.25) is 0 Å². The fraction of sp³-hybridized carbons (Fsp3) is 0.412. The van der Waals surface area contributed by atoms with E-state index >= 15 is 0 Å². The molecule has 2 heterocycles. The summed E-state index contributed by atoms with van der Waals surface area (Å²) < 4.78 is 0. The Morgan fingerprint density at radius 1 is 1.09 bits per heavy atom. The van der Waals surface area contributed by atoms with Gasteiger partial charge in [-0.05, 0) is 25.0 Å². The van der Waals surface area contributed by atoms with Crippen LogP contribution in [0.25, 0.3) is 11.3 Å². The number of aromatic nitrogens is 2. The molecule has 1 fully saturated rings. The van der Waals surface area contributed by atoms with Gasteiger partial charge in [0, 0.05) is 18.7 Å². The molecule has 0 unspecified atom stereocenters. The molecule has 1 N–H and O–H groups in total. The summed E-state index contributed by atoms with van der Waals surface area (Å²) in [7, 11) is 0. The number of carbonyl (C=O) groups is 1. The van der Waals surface area contributed by atoms with Gasteiger partial charge in [-0.25, -0.2) is 0 Å². The highest BCUT2D eigenvalue weighted by Crippen LogP contribution is 2.26. The molecule has 1 aromatic heterocycles. The molecular formula is C17H20ClN3O. The number of hydrogen-bond acceptors (Lipinski definition) is 2. The number of nitrogens with zero attached hydrogens (tertiary/aromatic N) is 2. The van der Waals surface area contributed by atoms with Crippen molar-refractivity contribution in [3.8, 4) is 11.3 Å². The van der Waals surface area contributed by atoms with Gasteiger partial charge in [0.15, 0.2) is 0 Å². The van der Waals surface area contributed by atoms with Gasteiger partial charge in [0.25, 0.3) is 5.91 Å². The topological polar surface area (TPSA) is 49.0 Å². The zero-order chi connectivity index (χ0) is 15.4. The van der Waals surface area contributed by atoms with Crippen molar-refractivity contribution in [2.24, 2.45) is 0 Å². The first kappa shape index (κ1) is 15.1. The fourth-order valence-electron chi connectivity index (χ4n) is 2.86. The van der Waals surface area contributed by atoms with Crippen LogP contribution >= 0.6 is 11.6 Å². The van der Waals surface area contributed by atoms with E-state index in [-0.39, 0.29) is 5.91 Å². The van der Waals surface area contributed by atoms with Crippen LogP contribution in [0, 0.1) is 0 Å². The minimum Gasteiger partial charge on any atom is -0.337 e. The van der Waals surface area contributed by atoms with Gasteiger partial charge in [0.1, 0.15) is 5.69 Å². The number of nitrogens with one attached hydrogen (secondary N) is 1. The summed E-state index contributed by atoms with van der Waals surface area (Å²) in [4.78, 5) is 14.5. The van der Waals surface area contributed by atoms with Gasteiger partial charge < -0.3 is 4.90 Å². The predicted octanol–water partition coefficient (Wildman–Crippen LogP) is 4.14. The third-order valence-corrected chi connectivity index (χ3v) is 4.43. The molecule has 0 saturated carbocycles. The normalized spacial score (nSPS) is 16.1. The number of benzene rings is 1. The Morgan fingerprint density at radius 2 is 1.77 bits per heavy atom. The SMILES string of the molecule is O=C(c1cc(-c2ccccc2Cl)n[nH]1)N1CCCCCCC1. The van der Waals surface area contributed by atoms with E-state index in [1.165, 1.54) is 19.3 Å². The Labute approximate surface area is 135 Å². The van der Waals surface area contributed by atoms with Crippen LogP contribution in [-0.4, -0.2) is 34.1 Å². The van der Waals surface area contributed by atoms with Crippen molar-refractivity contribution in [1.29, 1.82) is 0 Å². The van der Waals surface area contributed by atoms with Crippen molar-refractivity contribution < 1.29 is 4.79 Å². The maximum absolute atomic E-state index is 12.6. The van der Waals surface area contributed by atoms with Crippen LogP contribution in [0.3, 0.4) is 0 Å². The first-order valence-corrected chi connectivity index (χ1v) is 8.23. The molecule has 0 spiro atoms. The molecule has 0 radical (unpaired) electrons. The molecule has 1 aromatic carbocycles. The van der Waals surface area contributed by atoms with Crippen LogP contribution in [0.4, 0.5) is 0 Å². The average Bonchev–Trinajstić information content (AvgIpc) is 2.96. The number of H-pyrrole nitrogens is 1. The Bertz CT molecular complexity index is 645. The molecule has 0 aliphatic carbocycles. The largest absolute Gasteiger partial charge is 0.337 e. The minimum atomic E-state index is 0.0349. The summed E-state index contributed by atoms with van der Waals surface area (Å²) in [5.74, 6) is 0.0349. The molecule has 2 aromatic rings. The Hall–Kier alpha value is -1.81. The van der Waals surface area contributed by atoms with Crippen LogP contribution in [0.5, 0.6) is 0 Å². The summed E-state index contributed by atoms with van der Waals surface area (Å²) >= 11 is 6.19. The molecule has 1 aliphatic heterocycles. The van der Waals surface area contributed by atoms with Gasteiger partial charge in [-0.15, -0.1) is 0 Å². The van der Waals surface area contributed by atoms with E-state index in [2.05, 4.69) is 10.2 Å². The Kier molecular flexibility index (Phi) is 4.78. The van der Waals surface area contributed by atoms with E-state index in [0.29, 0.717) is 16.4 Å². The average molecular weight is 318 g/mol. The highest BCUT2D eigenvalue weighted by molar-refractivity contribution is 6.33. The molecule has 1 saturated heterocycles. The second-order valence-corrected chi connectivity index (χ2v) is 6.11. The number of amides is 1. The number of aromatic amines is 1. The van der Waals surface area contributed by atoms with Crippen LogP contribution < -0.4 is 0 Å². The molecule has 1 aliphatic rings. The number of likely N-dealkylation sites (tertiary alicyclic amines) is 1. The van der Waals surface area contributed by atoms with Crippen LogP contribution in [0.15, 0.2) is 30.3 Å². The van der Waals surface area contributed by atoms with E-state index < -0.39 is 0 Å². The van der Waals surface area contributed by atoms with E-state index in [1.807, 2.05) is 29.2 Å². The smallest absolute Gasteiger partial charge is 0.271 e. The molecule has 0 bridgehead atoms. The molecular weight excluding hydrogens is 298 g/mol. The monoisotopic (exact) mass is 317 g/mol. The van der Waals surface area contributed by atoms with Crippen molar-refractivity contribution in [2.75, 3.05) is 13.1 Å². The number of halogens is 1. The van der Waals surface area contributed by atoms with Gasteiger partial charge in [0.05, 0.1) is 10.7 Å². The van der Waals surface area contributed by atoms with Gasteiger partial charge in [-0.3, -0.25) is 9.89 Å². The summed E-state index contributed by atoms with van der Waals surface area (Å²) in [6.07, 6.45) is 5.85. The highest BCUT2D eigenvalue weighted by atomic mass is 35.5. The number of rotatable bonds is 2. The molecule has 5 heteroatoms. The summed E-state index contributed by atoms with van der Waals surface area (Å²) in [6, 6.07) is 9.32. The molecule has 116 valence electrons. The van der Waals surface area contributed by atoms with E-state index in [9.17, 15) is 4.79 Å². The lowest BCUT2D eigenvalue weighted by Crippen LogP contribution is -2.34. The lowest BCUT2D eigenvalue weighted by atomic mass is 10.1. The first-order valence-electron chi connectivity index (χ1n) is 7.85. The van der Waals surface area contributed by atoms with Crippen molar-refractivity contribution >= 4 is 17.5 Å². The third kappa shape index (κ3) is 3.33. The fourth-order valence-corrected chi connectivity index (χ4v) is 3.09. The van der Waals surface area contributed by atoms with E-state index in [1.54, 1.807) is 6.07 Å². The molecule has 4 nitrogen and oxygen atoms in total. The highest BCUT2D eigenvalue weighted by Gasteiger charge is 2.19. The van der Waals surface area contributed by atoms with E-state index in [0.717, 1.165) is 31.5 Å². The summed E-state index contributed by atoms with van der Waals surface area (Å²) in [5.41, 5.74) is 2.09. The van der Waals surface area contributed by atoms with Crippen molar-refractivity contribution in [2.45, 2.75) is 32.1 Å². The van der Waals surface area contributed by atoms with Crippen molar-refractivity contribution in [1.82, 2.24) is 15.1 Å². The van der Waals surface area contributed by atoms with Gasteiger partial charge >= 0.3 is 0 Å². The lowest BCUT2D eigenvalue weighted by Gasteiger charge is -2.24. The Balaban J connectivity index is 1.78. The number of hydrogen-bond donors (Lipinski definition) is 1. The van der Waals surface area contributed by atoms with Crippen LogP contribution in [-0.2, 0) is 0 Å². The molecule has 3 rings (SSSR count). The predicted molar refractivity (Wildman–Crippen MR) is 88.0 cm³/mol. The quantitative estimate of drug-likeness (QED) is 0.905. The third-order valence-electron chi connectivity index (χ3n) is 4.10. The van der Waals surface area contributed by atoms with Crippen LogP contribution in [0.1, 0.15) is 42.6 Å². The second-order valence-electron chi connectivity index (χ2n) is 5.71. The first-order chi connectivity index (χ1) is 10.8. The van der Waals surface area contributed by atoms with Crippen LogP contribution in [0.2, 0.25) is 5.02 Å². The summed E-state index contributed by atoms with van der Waals surface area (Å²) in [5, 5.41) is 7.75. The molecule has 1 amide bonds. The lowest BCUT2D eigenvalue weighted by molar-refractivity contribution is 0.0736. The second kappa shape index (κ2) is 6.97. The standard InChI is InChI=1S/C17H20ClN3O/c18-14-9-5-4-8-13(14)15-12-16(20-19-15)17(22)21-10-6-2-1-3-7-11-21/h4-5,8-9,12H,1-3,6-7,10-11H2,(H,19,20). The molecule has 22 heavy (non-hydrogen) atoms. The number of carbonyl (C=O) groups excluding carboxylic acids is 1. The maximum atomic E-state index is 12.6. The van der Waals surface area contributed by atoms with Gasteiger partial charge in [-0.2, -0.15) is 5.10 Å². The Morgan fingerprint density at radius 3 is 2.50 bits per heavy atom. The zero-order valence-electron chi connectivity index (χ0n) is 12.5. The minimum absolute atomic E-state index is 0.0349. The van der Waals surface area contributed by atoms with Crippen molar-refractivity contribution in [3.05, 3.63) is 41.0 Å². The molecule has 0 atom stereocenters. The summed E-state index contributed by atoms with van der Waals surface area (Å²) in [6.45, 7) is 1.67. The van der Waals surface area contributed by atoms with E-state index in [4.69, 9.17) is 11.6 Å². The maximum Gasteiger partial charge on any atom is 0.271 e. The van der Waals surface area contributed by atoms with Crippen molar-refractivity contribution in [3.63, 3.8) is 0 Å².